The van der Waals surface area contributed by atoms with Gasteiger partial charge < -0.3 is 45.3 Å². The molecule has 3 amide bonds. The van der Waals surface area contributed by atoms with Gasteiger partial charge in [0.2, 0.25) is 17.7 Å². The van der Waals surface area contributed by atoms with Gasteiger partial charge in [0.1, 0.15) is 0 Å². The number of nitrogens with two attached hydrogens (primary N) is 1. The van der Waals surface area contributed by atoms with E-state index >= 15 is 0 Å². The number of benzene rings is 4. The first-order valence-corrected chi connectivity index (χ1v) is 22.6. The summed E-state index contributed by atoms with van der Waals surface area (Å²) in [6.07, 6.45) is 0. The van der Waals surface area contributed by atoms with Crippen molar-refractivity contribution in [3.8, 4) is 0 Å². The first-order chi connectivity index (χ1) is 32.2. The fourth-order valence-corrected chi connectivity index (χ4v) is 7.91. The molecule has 0 atom stereocenters. The molecule has 3 N–H and O–H groups in total. The molecule has 4 aromatic rings. The Morgan fingerprint density at radius 3 is 1.07 bits per heavy atom. The number of piperazine rings is 4. The smallest absolute Gasteiger partial charge is 0.269 e. The maximum Gasteiger partial charge on any atom is 0.269 e. The highest BCUT2D eigenvalue weighted by Gasteiger charge is 2.21. The molecule has 0 aliphatic carbocycles. The molecule has 19 nitrogen and oxygen atoms in total. The van der Waals surface area contributed by atoms with Crippen LogP contribution < -0.4 is 30.7 Å². The lowest BCUT2D eigenvalue weighted by molar-refractivity contribution is -0.385. The lowest BCUT2D eigenvalue weighted by atomic mass is 10.2. The van der Waals surface area contributed by atoms with Crippen molar-refractivity contribution in [2.24, 2.45) is 4.99 Å². The second-order valence-corrected chi connectivity index (χ2v) is 16.3. The molecule has 0 radical (unpaired) electrons. The van der Waals surface area contributed by atoms with Gasteiger partial charge in [-0.3, -0.25) is 34.6 Å². The topological polar surface area (TPSA) is 211 Å². The molecule has 0 saturated carbocycles. The number of thiocarbonyl (C=S) groups is 1. The van der Waals surface area contributed by atoms with Crippen molar-refractivity contribution < 1.29 is 24.2 Å². The molecule has 4 fully saturated rings. The van der Waals surface area contributed by atoms with E-state index in [0.717, 1.165) is 120 Å². The molecule has 4 saturated heterocycles. The van der Waals surface area contributed by atoms with Gasteiger partial charge in [-0.25, -0.2) is 0 Å². The molecule has 0 unspecified atom stereocenters. The highest BCUT2D eigenvalue weighted by atomic mass is 32.1. The third-order valence-corrected chi connectivity index (χ3v) is 11.9. The Labute approximate surface area is 396 Å². The highest BCUT2D eigenvalue weighted by Crippen LogP contribution is 2.23. The van der Waals surface area contributed by atoms with Crippen LogP contribution in [0.2, 0.25) is 0 Å². The minimum atomic E-state index is -0.405. The number of non-ortho nitro benzene ring substituents is 2. The molecule has 0 bridgehead atoms. The average molecular weight is 937 g/mol. The number of carbonyl (C=O) groups is 3. The summed E-state index contributed by atoms with van der Waals surface area (Å²) >= 11 is 4.56. The summed E-state index contributed by atoms with van der Waals surface area (Å²) in [4.78, 5) is 72.2. The molecule has 0 spiro atoms. The van der Waals surface area contributed by atoms with Gasteiger partial charge in [-0.2, -0.15) is 4.99 Å². The minimum absolute atomic E-state index is 0.0957. The van der Waals surface area contributed by atoms with E-state index in [2.05, 4.69) is 47.3 Å². The third kappa shape index (κ3) is 15.8. The number of carbonyl (C=O) groups excluding carboxylic acids is 3. The van der Waals surface area contributed by atoms with Crippen molar-refractivity contribution >= 4 is 80.6 Å². The quantitative estimate of drug-likeness (QED) is 0.0793. The largest absolute Gasteiger partial charge is 0.399 e. The molecule has 356 valence electrons. The highest BCUT2D eigenvalue weighted by molar-refractivity contribution is 7.78. The predicted molar refractivity (Wildman–Crippen MR) is 267 cm³/mol. The van der Waals surface area contributed by atoms with Gasteiger partial charge in [-0.15, -0.1) is 0 Å². The van der Waals surface area contributed by atoms with E-state index in [-0.39, 0.29) is 34.0 Å². The van der Waals surface area contributed by atoms with Crippen LogP contribution in [0.25, 0.3) is 0 Å². The van der Waals surface area contributed by atoms with Crippen LogP contribution in [0.4, 0.5) is 45.5 Å². The molecular formula is C47H60N12O7S. The number of nitrogens with zero attached hydrogens (tertiary/aromatic N) is 10. The zero-order valence-electron chi connectivity index (χ0n) is 38.4. The first-order valence-electron chi connectivity index (χ1n) is 22.2. The zero-order chi connectivity index (χ0) is 48.3. The molecule has 67 heavy (non-hydrogen) atoms. The van der Waals surface area contributed by atoms with E-state index in [1.54, 1.807) is 45.0 Å². The molecule has 0 aromatic heterocycles. The van der Waals surface area contributed by atoms with Crippen LogP contribution in [0.5, 0.6) is 0 Å². The fraction of sp³-hybridized carbons (Fsp3) is 0.404. The maximum atomic E-state index is 11.2. The number of nitrogen functional groups attached to an aromatic ring is 1. The second kappa shape index (κ2) is 25.5. The van der Waals surface area contributed by atoms with Crippen LogP contribution in [0.3, 0.4) is 0 Å². The first kappa shape index (κ1) is 50.8. The summed E-state index contributed by atoms with van der Waals surface area (Å²) in [5.41, 5.74) is 11.8. The van der Waals surface area contributed by atoms with Gasteiger partial charge >= 0.3 is 0 Å². The number of nitrogens with one attached hydrogen (secondary N) is 1. The van der Waals surface area contributed by atoms with E-state index in [0.29, 0.717) is 13.1 Å². The van der Waals surface area contributed by atoms with E-state index in [1.165, 1.54) is 17.8 Å². The standard InChI is InChI=1S/C13H15N3OS.C12H15N3O3.C12H17N3O.C10H13N3O2/c1-11(17)15-6-8-16(9-7-15)13-4-2-12(3-5-13)14-10-18;1-10(16)13-6-8-14(9-7-13)11-2-4-12(5-3-11)15(17)18;1-10(16)14-6-8-15(9-7-14)12-4-2-11(13)3-5-12;14-13(15)10-3-1-9(2-4-10)12-7-5-11-6-8-12/h2*2-5H,6-9H2,1H3;2-5H,6-9,13H2,1H3;1-4,11H,5-8H2. The van der Waals surface area contributed by atoms with Crippen molar-refractivity contribution in [2.45, 2.75) is 20.8 Å². The van der Waals surface area contributed by atoms with Crippen molar-refractivity contribution in [1.29, 1.82) is 0 Å². The molecular weight excluding hydrogens is 877 g/mol. The molecule has 4 heterocycles. The number of hydrogen-bond acceptors (Lipinski definition) is 15. The van der Waals surface area contributed by atoms with Gasteiger partial charge in [0.25, 0.3) is 11.4 Å². The number of hydrogen-bond donors (Lipinski definition) is 2. The molecule has 4 aliphatic rings. The van der Waals surface area contributed by atoms with Gasteiger partial charge in [0.05, 0.1) is 20.7 Å². The third-order valence-electron chi connectivity index (χ3n) is 11.8. The van der Waals surface area contributed by atoms with Crippen molar-refractivity contribution in [3.63, 3.8) is 0 Å². The summed E-state index contributed by atoms with van der Waals surface area (Å²) in [5, 5.41) is 26.6. The SMILES string of the molecule is CC(=O)N1CCN(c2ccc(N)cc2)CC1.CC(=O)N1CCN(c2ccc(N=C=S)cc2)CC1.CC(=O)N1CCN(c2ccc([N+](=O)[O-])cc2)CC1.O=[N+]([O-])c1ccc(N2CCNCC2)cc1. The summed E-state index contributed by atoms with van der Waals surface area (Å²) < 4.78 is 0. The van der Waals surface area contributed by atoms with Crippen molar-refractivity contribution in [1.82, 2.24) is 20.0 Å². The Kier molecular flexibility index (Phi) is 19.4. The molecule has 8 rings (SSSR count). The monoisotopic (exact) mass is 936 g/mol. The number of isothiocyanates is 1. The summed E-state index contributed by atoms with van der Waals surface area (Å²) in [6, 6.07) is 29.0. The summed E-state index contributed by atoms with van der Waals surface area (Å²) in [7, 11) is 0. The Morgan fingerprint density at radius 1 is 0.507 bits per heavy atom. The lowest BCUT2D eigenvalue weighted by Gasteiger charge is -2.35. The van der Waals surface area contributed by atoms with Gasteiger partial charge in [-0.1, -0.05) is 0 Å². The van der Waals surface area contributed by atoms with E-state index in [4.69, 9.17) is 5.73 Å². The Balaban J connectivity index is 0.000000168. The zero-order valence-corrected chi connectivity index (χ0v) is 39.2. The van der Waals surface area contributed by atoms with Crippen molar-refractivity contribution in [2.75, 3.05) is 130 Å². The number of anilines is 5. The van der Waals surface area contributed by atoms with E-state index in [1.807, 2.05) is 75.4 Å². The van der Waals surface area contributed by atoms with Gasteiger partial charge in [-0.05, 0) is 85.0 Å². The summed E-state index contributed by atoms with van der Waals surface area (Å²) in [5.74, 6) is 0.413. The van der Waals surface area contributed by atoms with Crippen LogP contribution in [0.1, 0.15) is 20.8 Å². The lowest BCUT2D eigenvalue weighted by Crippen LogP contribution is -2.48. The number of rotatable bonds is 7. The van der Waals surface area contributed by atoms with Crippen LogP contribution in [0, 0.1) is 20.2 Å². The Bertz CT molecular complexity index is 2210. The number of aliphatic imine (C=N–C) groups is 1. The normalized spacial score (nSPS) is 15.8. The van der Waals surface area contributed by atoms with Crippen LogP contribution >= 0.6 is 12.2 Å². The predicted octanol–water partition coefficient (Wildman–Crippen LogP) is 5.29. The summed E-state index contributed by atoms with van der Waals surface area (Å²) in [6.45, 7) is 18.3. The Hall–Kier alpha value is -7.15. The van der Waals surface area contributed by atoms with Crippen LogP contribution in [-0.2, 0) is 14.4 Å². The Morgan fingerprint density at radius 2 is 0.791 bits per heavy atom. The average Bonchev–Trinajstić information content (AvgIpc) is 3.35. The number of amides is 3. The molecule has 20 heteroatoms. The maximum absolute atomic E-state index is 11.2. The molecule has 4 aromatic carbocycles. The molecule has 4 aliphatic heterocycles. The van der Waals surface area contributed by atoms with Gasteiger partial charge in [0, 0.05) is 178 Å². The van der Waals surface area contributed by atoms with E-state index in [9.17, 15) is 34.6 Å². The van der Waals surface area contributed by atoms with Crippen LogP contribution in [-0.4, -0.2) is 152 Å². The fourth-order valence-electron chi connectivity index (χ4n) is 7.81. The second-order valence-electron chi connectivity index (χ2n) is 16.1. The van der Waals surface area contributed by atoms with E-state index < -0.39 is 4.92 Å². The van der Waals surface area contributed by atoms with Gasteiger partial charge in [0.15, 0.2) is 0 Å². The number of nitro groups is 2. The van der Waals surface area contributed by atoms with Crippen LogP contribution in [0.15, 0.2) is 102 Å². The number of nitro benzene ring substituents is 2. The van der Waals surface area contributed by atoms with Crippen molar-refractivity contribution in [3.05, 3.63) is 117 Å². The minimum Gasteiger partial charge on any atom is -0.399 e.